The number of aliphatic hydroxyl groups excluding tert-OH is 3. The molecule has 13 atom stereocenters. The van der Waals surface area contributed by atoms with Crippen LogP contribution in [-0.4, -0.2) is 217 Å². The van der Waals surface area contributed by atoms with Crippen molar-refractivity contribution in [2.24, 2.45) is 17.4 Å². The first-order valence-electron chi connectivity index (χ1n) is 28.0. The van der Waals surface area contributed by atoms with Gasteiger partial charge in [0.15, 0.2) is 0 Å². The first-order valence-corrected chi connectivity index (χ1v) is 29.3. The Hall–Kier alpha value is -7.58. The van der Waals surface area contributed by atoms with Crippen LogP contribution >= 0.6 is 25.3 Å². The molecule has 0 unspecified atom stereocenters. The van der Waals surface area contributed by atoms with Gasteiger partial charge in [0.1, 0.15) is 72.2 Å². The van der Waals surface area contributed by atoms with Gasteiger partial charge in [-0.25, -0.2) is 4.79 Å². The van der Waals surface area contributed by atoms with Crippen LogP contribution in [0.2, 0.25) is 0 Å². The van der Waals surface area contributed by atoms with Crippen molar-refractivity contribution in [2.45, 2.75) is 151 Å². The zero-order chi connectivity index (χ0) is 63.9. The van der Waals surface area contributed by atoms with Crippen LogP contribution in [0.1, 0.15) is 76.8 Å². The average molecular weight is 1250 g/mol. The minimum absolute atomic E-state index is 0.0543. The summed E-state index contributed by atoms with van der Waals surface area (Å²) in [5.41, 5.74) is 11.9. The first-order chi connectivity index (χ1) is 40.8. The quantitative estimate of drug-likeness (QED) is 0.0298. The number of aromatic hydroxyl groups is 1. The second kappa shape index (κ2) is 34.5. The number of aliphatic carboxylic acids is 1. The van der Waals surface area contributed by atoms with Crippen LogP contribution in [0, 0.1) is 5.92 Å². The van der Waals surface area contributed by atoms with Crippen LogP contribution in [0.4, 0.5) is 0 Å². The van der Waals surface area contributed by atoms with E-state index in [9.17, 15) is 83.1 Å². The summed E-state index contributed by atoms with van der Waals surface area (Å²) in [5, 5.41) is 69.4. The second-order valence-electron chi connectivity index (χ2n) is 21.1. The third kappa shape index (κ3) is 20.6. The SMILES string of the molecule is CC[C@H](C)[C@H](NC(=O)[C@H](CO)NC(=O)[C@H](Cc1ccccc1)NC(=O)[C@@H](NC(=O)[C@H](CS)NC(=O)[C@@H](N)CO)[C@@H](C)O)C(=O)N1CCC[C@H]1C(=O)N1CCC[C@H]1C(=O)N[C@@H](CCC(N)=O)C(=O)N[C@@H](CS)C(=O)N[C@@H](Cc1ccc(O)cc1)C(=O)O. The summed E-state index contributed by atoms with van der Waals surface area (Å²) < 4.78 is 0. The smallest absolute Gasteiger partial charge is 0.326 e. The fraction of sp³-hybridized carbons (Fsp3) is 0.564. The number of rotatable bonds is 33. The van der Waals surface area contributed by atoms with E-state index in [1.807, 2.05) is 0 Å². The van der Waals surface area contributed by atoms with Crippen molar-refractivity contribution in [3.63, 3.8) is 0 Å². The first kappa shape index (κ1) is 70.9. The monoisotopic (exact) mass is 1240 g/mol. The number of carboxylic acids is 1. The van der Waals surface area contributed by atoms with E-state index in [0.717, 1.165) is 0 Å². The summed E-state index contributed by atoms with van der Waals surface area (Å²) in [6, 6.07) is -1.93. The van der Waals surface area contributed by atoms with Crippen molar-refractivity contribution in [1.29, 1.82) is 0 Å². The number of carbonyl (C=O) groups excluding carboxylic acids is 11. The van der Waals surface area contributed by atoms with Crippen LogP contribution in [-0.2, 0) is 70.4 Å². The van der Waals surface area contributed by atoms with E-state index < -0.39 is 169 Å². The fourth-order valence-corrected chi connectivity index (χ4v) is 10.0. The Labute approximate surface area is 507 Å². The van der Waals surface area contributed by atoms with Gasteiger partial charge < -0.3 is 89.3 Å². The number of nitrogens with zero attached hydrogens (tertiary/aromatic N) is 2. The van der Waals surface area contributed by atoms with Crippen LogP contribution < -0.4 is 54.0 Å². The Morgan fingerprint density at radius 2 is 1.08 bits per heavy atom. The van der Waals surface area contributed by atoms with Gasteiger partial charge in [-0.2, -0.15) is 25.3 Å². The van der Waals surface area contributed by atoms with E-state index >= 15 is 0 Å². The molecule has 2 fully saturated rings. The highest BCUT2D eigenvalue weighted by molar-refractivity contribution is 7.80. The van der Waals surface area contributed by atoms with E-state index in [4.69, 9.17) is 11.5 Å². The van der Waals surface area contributed by atoms with Crippen molar-refractivity contribution >= 4 is 96.2 Å². The third-order valence-electron chi connectivity index (χ3n) is 14.7. The molecule has 0 radical (unpaired) electrons. The van der Waals surface area contributed by atoms with Gasteiger partial charge in [-0.3, -0.25) is 52.7 Å². The minimum Gasteiger partial charge on any atom is -0.508 e. The zero-order valence-corrected chi connectivity index (χ0v) is 49.7. The number of carbonyl (C=O) groups is 12. The molecular formula is C55H80N12O17S2. The highest BCUT2D eigenvalue weighted by Gasteiger charge is 2.45. The highest BCUT2D eigenvalue weighted by atomic mass is 32.1. The van der Waals surface area contributed by atoms with Crippen molar-refractivity contribution in [3.05, 3.63) is 65.7 Å². The molecule has 17 N–H and O–H groups in total. The predicted octanol–water partition coefficient (Wildman–Crippen LogP) is -5.01. The summed E-state index contributed by atoms with van der Waals surface area (Å²) in [6.45, 7) is 2.94. The van der Waals surface area contributed by atoms with Gasteiger partial charge in [0, 0.05) is 43.9 Å². The van der Waals surface area contributed by atoms with Crippen LogP contribution in [0.15, 0.2) is 54.6 Å². The van der Waals surface area contributed by atoms with Crippen molar-refractivity contribution in [3.8, 4) is 5.75 Å². The Kier molecular flexibility index (Phi) is 28.5. The van der Waals surface area contributed by atoms with Gasteiger partial charge in [-0.1, -0.05) is 62.7 Å². The molecular weight excluding hydrogens is 1160 g/mol. The highest BCUT2D eigenvalue weighted by Crippen LogP contribution is 2.27. The lowest BCUT2D eigenvalue weighted by molar-refractivity contribution is -0.149. The molecule has 0 aromatic heterocycles. The lowest BCUT2D eigenvalue weighted by Crippen LogP contribution is -2.63. The normalized spacial score (nSPS) is 18.6. The van der Waals surface area contributed by atoms with Crippen LogP contribution in [0.5, 0.6) is 5.75 Å². The van der Waals surface area contributed by atoms with E-state index in [-0.39, 0.29) is 62.4 Å². The van der Waals surface area contributed by atoms with Crippen molar-refractivity contribution < 1.29 is 83.1 Å². The summed E-state index contributed by atoms with van der Waals surface area (Å²) >= 11 is 8.24. The minimum atomic E-state index is -1.74. The molecule has 2 saturated heterocycles. The van der Waals surface area contributed by atoms with Crippen molar-refractivity contribution in [2.75, 3.05) is 37.8 Å². The molecule has 0 saturated carbocycles. The largest absolute Gasteiger partial charge is 0.508 e. The van der Waals surface area contributed by atoms with Crippen LogP contribution in [0.3, 0.4) is 0 Å². The molecule has 2 aliphatic rings. The van der Waals surface area contributed by atoms with Gasteiger partial charge >= 0.3 is 5.97 Å². The van der Waals surface area contributed by atoms with E-state index in [1.165, 1.54) is 41.0 Å². The molecule has 474 valence electrons. The molecule has 2 aliphatic heterocycles. The number of carboxylic acid groups (broad SMARTS) is 1. The molecule has 86 heavy (non-hydrogen) atoms. The number of nitrogens with two attached hydrogens (primary N) is 2. The lowest BCUT2D eigenvalue weighted by atomic mass is 9.96. The number of hydrogen-bond acceptors (Lipinski definition) is 19. The third-order valence-corrected chi connectivity index (χ3v) is 15.4. The number of nitrogens with one attached hydrogen (secondary N) is 8. The van der Waals surface area contributed by atoms with E-state index in [2.05, 4.69) is 67.8 Å². The number of benzene rings is 2. The fourth-order valence-electron chi connectivity index (χ4n) is 9.53. The Morgan fingerprint density at radius 3 is 1.64 bits per heavy atom. The summed E-state index contributed by atoms with van der Waals surface area (Å²) in [5.74, 6) is -12.5. The second-order valence-corrected chi connectivity index (χ2v) is 21.8. The van der Waals surface area contributed by atoms with Gasteiger partial charge in [0.05, 0.1) is 19.3 Å². The van der Waals surface area contributed by atoms with Gasteiger partial charge in [-0.15, -0.1) is 0 Å². The molecule has 11 amide bonds. The van der Waals surface area contributed by atoms with Gasteiger partial charge in [0.2, 0.25) is 65.0 Å². The molecule has 29 nitrogen and oxygen atoms in total. The maximum absolute atomic E-state index is 14.7. The molecule has 4 rings (SSSR count). The van der Waals surface area contributed by atoms with Gasteiger partial charge in [-0.05, 0) is 68.2 Å². The van der Waals surface area contributed by atoms with Crippen molar-refractivity contribution in [1.82, 2.24) is 52.3 Å². The molecule has 2 aromatic rings. The Bertz CT molecular complexity index is 2710. The number of thiol groups is 2. The lowest BCUT2D eigenvalue weighted by Gasteiger charge is -2.35. The molecule has 31 heteroatoms. The molecule has 0 spiro atoms. The standard InChI is InChI=1S/C55H80N12O17S2/c1-4-28(2)43(64-48(76)37(25-69)61-47(75)35(22-30-10-6-5-7-11-30)59-52(80)44(29(3)70)65-50(78)39(27-86)62-45(73)33(56)24-68)54(82)67-21-9-13-41(67)53(81)66-20-8-12-40(66)51(79)58-34(18-19-42(57)72)46(74)63-38(26-85)49(77)60-36(55(83)84)23-31-14-16-32(71)17-15-31/h5-7,10-11,14-17,28-29,33-41,43-44,68-71,85-86H,4,8-9,12-13,18-27,56H2,1-3H3,(H2,57,72)(H,58,79)(H,59,80)(H,60,77)(H,61,75)(H,62,73)(H,63,74)(H,64,76)(H,65,78)(H,83,84)/t28-,29+,33-,34-,35-,36-,37-,38-,39-,40-,41-,43-,44-/m0/s1. The number of amides is 11. The van der Waals surface area contributed by atoms with E-state index in [1.54, 1.807) is 44.2 Å². The predicted molar refractivity (Wildman–Crippen MR) is 314 cm³/mol. The van der Waals surface area contributed by atoms with Crippen LogP contribution in [0.25, 0.3) is 0 Å². The topological polar surface area (TPSA) is 461 Å². The molecule has 2 aromatic carbocycles. The molecule has 0 aliphatic carbocycles. The summed E-state index contributed by atoms with van der Waals surface area (Å²) in [4.78, 5) is 165. The summed E-state index contributed by atoms with van der Waals surface area (Å²) in [7, 11) is 0. The average Bonchev–Trinajstić information content (AvgIpc) is 3.30. The molecule has 2 heterocycles. The maximum Gasteiger partial charge on any atom is 0.326 e. The van der Waals surface area contributed by atoms with Gasteiger partial charge in [0.25, 0.3) is 0 Å². The number of primary amides is 1. The molecule has 0 bridgehead atoms. The number of phenols is 1. The zero-order valence-electron chi connectivity index (χ0n) is 47.9. The van der Waals surface area contributed by atoms with E-state index in [0.29, 0.717) is 30.4 Å². The summed E-state index contributed by atoms with van der Waals surface area (Å²) in [6.07, 6.45) is -1.48. The maximum atomic E-state index is 14.7. The Morgan fingerprint density at radius 1 is 0.593 bits per heavy atom. The number of likely N-dealkylation sites (tertiary alicyclic amines) is 2. The Balaban J connectivity index is 1.48. The number of hydrogen-bond donors (Lipinski definition) is 17. The number of phenolic OH excluding ortho intramolecular Hbond substituents is 1. The number of aliphatic hydroxyl groups is 3.